The molecule has 0 amide bonds. The molecular weight excluding hydrogens is 252 g/mol. The van der Waals surface area contributed by atoms with Crippen molar-refractivity contribution in [2.24, 2.45) is 0 Å². The summed E-state index contributed by atoms with van der Waals surface area (Å²) in [6, 6.07) is 0. The molecule has 1 aromatic rings. The fraction of sp³-hybridized carbons (Fsp3) is 0.714. The minimum Gasteiger partial charge on any atom is -0.370 e. The number of hydrogen-bond acceptors (Lipinski definition) is 6. The lowest BCUT2D eigenvalue weighted by molar-refractivity contribution is 0.178. The molecule has 0 spiro atoms. The van der Waals surface area contributed by atoms with E-state index in [2.05, 4.69) is 51.5 Å². The molecule has 0 aromatic carbocycles. The minimum absolute atomic E-state index is 0.920. The molecule has 0 aliphatic carbocycles. The van der Waals surface area contributed by atoms with E-state index in [0.717, 1.165) is 57.2 Å². The fourth-order valence-corrected chi connectivity index (χ4v) is 2.31. The largest absolute Gasteiger partial charge is 0.370 e. The van der Waals surface area contributed by atoms with Crippen molar-refractivity contribution in [1.29, 1.82) is 0 Å². The zero-order valence-electron chi connectivity index (χ0n) is 12.8. The van der Waals surface area contributed by atoms with E-state index in [1.54, 1.807) is 6.33 Å². The maximum Gasteiger partial charge on any atom is 0.149 e. The summed E-state index contributed by atoms with van der Waals surface area (Å²) in [4.78, 5) is 11.1. The highest BCUT2D eigenvalue weighted by Crippen LogP contribution is 2.21. The molecule has 2 rings (SSSR count). The summed E-state index contributed by atoms with van der Waals surface area (Å²) < 4.78 is 0. The first kappa shape index (κ1) is 15.0. The van der Waals surface area contributed by atoms with Gasteiger partial charge in [-0.15, -0.1) is 0 Å². The number of anilines is 2. The molecule has 2 N–H and O–H groups in total. The van der Waals surface area contributed by atoms with Crippen LogP contribution in [0.3, 0.4) is 0 Å². The monoisotopic (exact) mass is 278 g/mol. The number of nitrogens with one attached hydrogen (secondary N) is 2. The third kappa shape index (κ3) is 3.80. The average Bonchev–Trinajstić information content (AvgIpc) is 2.47. The molecule has 1 fully saturated rings. The van der Waals surface area contributed by atoms with Crippen LogP contribution in [0.2, 0.25) is 0 Å². The molecule has 1 saturated heterocycles. The summed E-state index contributed by atoms with van der Waals surface area (Å²) in [5.41, 5.74) is 4.62. The van der Waals surface area contributed by atoms with Crippen molar-refractivity contribution in [3.8, 4) is 0 Å². The second kappa shape index (κ2) is 7.40. The van der Waals surface area contributed by atoms with Crippen LogP contribution in [-0.4, -0.2) is 59.6 Å². The van der Waals surface area contributed by atoms with E-state index in [4.69, 9.17) is 0 Å². The van der Waals surface area contributed by atoms with Gasteiger partial charge in [-0.1, -0.05) is 13.8 Å². The molecule has 1 aliphatic rings. The number of aromatic nitrogens is 2. The standard InChI is InChI=1S/C14H26N6/c1-4-6-15-13-12(5-2)14(17-11-16-13)18-20-9-7-19(3)8-10-20/h11H,4-10H2,1-3H3,(H2,15,16,17,18). The first-order valence-corrected chi connectivity index (χ1v) is 7.52. The highest BCUT2D eigenvalue weighted by atomic mass is 15.5. The summed E-state index contributed by atoms with van der Waals surface area (Å²) >= 11 is 0. The number of nitrogens with zero attached hydrogens (tertiary/aromatic N) is 4. The smallest absolute Gasteiger partial charge is 0.149 e. The summed E-state index contributed by atoms with van der Waals surface area (Å²) in [6.07, 6.45) is 3.65. The van der Waals surface area contributed by atoms with Crippen LogP contribution < -0.4 is 10.7 Å². The molecule has 20 heavy (non-hydrogen) atoms. The Hall–Kier alpha value is -1.40. The van der Waals surface area contributed by atoms with E-state index < -0.39 is 0 Å². The van der Waals surface area contributed by atoms with Crippen LogP contribution in [0, 0.1) is 0 Å². The van der Waals surface area contributed by atoms with E-state index in [1.165, 1.54) is 5.56 Å². The van der Waals surface area contributed by atoms with Crippen molar-refractivity contribution < 1.29 is 0 Å². The fourth-order valence-electron chi connectivity index (χ4n) is 2.31. The molecule has 6 heteroatoms. The highest BCUT2D eigenvalue weighted by Gasteiger charge is 2.16. The van der Waals surface area contributed by atoms with Gasteiger partial charge in [-0.25, -0.2) is 15.0 Å². The molecular formula is C14H26N6. The van der Waals surface area contributed by atoms with Crippen molar-refractivity contribution >= 4 is 11.6 Å². The third-order valence-electron chi connectivity index (χ3n) is 3.61. The second-order valence-electron chi connectivity index (χ2n) is 5.23. The quantitative estimate of drug-likeness (QED) is 0.821. The summed E-state index contributed by atoms with van der Waals surface area (Å²) in [6.45, 7) is 9.44. The van der Waals surface area contributed by atoms with Gasteiger partial charge in [0.2, 0.25) is 0 Å². The molecule has 1 aromatic heterocycles. The van der Waals surface area contributed by atoms with E-state index in [9.17, 15) is 0 Å². The Morgan fingerprint density at radius 1 is 1.10 bits per heavy atom. The second-order valence-corrected chi connectivity index (χ2v) is 5.23. The van der Waals surface area contributed by atoms with E-state index in [0.29, 0.717) is 0 Å². The molecule has 0 atom stereocenters. The zero-order valence-corrected chi connectivity index (χ0v) is 12.8. The van der Waals surface area contributed by atoms with Crippen LogP contribution in [0.5, 0.6) is 0 Å². The summed E-state index contributed by atoms with van der Waals surface area (Å²) in [5.74, 6) is 1.90. The van der Waals surface area contributed by atoms with E-state index >= 15 is 0 Å². The molecule has 0 unspecified atom stereocenters. The maximum atomic E-state index is 4.41. The van der Waals surface area contributed by atoms with Gasteiger partial charge in [0.25, 0.3) is 0 Å². The number of hydrogen-bond donors (Lipinski definition) is 2. The Morgan fingerprint density at radius 2 is 1.80 bits per heavy atom. The number of rotatable bonds is 6. The Kier molecular flexibility index (Phi) is 5.55. The van der Waals surface area contributed by atoms with Gasteiger partial charge in [-0.2, -0.15) is 0 Å². The van der Waals surface area contributed by atoms with Gasteiger partial charge in [0.1, 0.15) is 18.0 Å². The number of hydrazine groups is 1. The molecule has 0 radical (unpaired) electrons. The summed E-state index contributed by atoms with van der Waals surface area (Å²) in [5, 5.41) is 5.62. The lowest BCUT2D eigenvalue weighted by Gasteiger charge is -2.33. The molecule has 0 bridgehead atoms. The predicted molar refractivity (Wildman–Crippen MR) is 82.9 cm³/mol. The van der Waals surface area contributed by atoms with Crippen molar-refractivity contribution in [1.82, 2.24) is 19.9 Å². The van der Waals surface area contributed by atoms with Crippen LogP contribution in [0.25, 0.3) is 0 Å². The summed E-state index contributed by atoms with van der Waals surface area (Å²) in [7, 11) is 2.16. The Bertz CT molecular complexity index is 414. The zero-order chi connectivity index (χ0) is 14.4. The van der Waals surface area contributed by atoms with Crippen LogP contribution >= 0.6 is 0 Å². The van der Waals surface area contributed by atoms with Crippen molar-refractivity contribution in [3.05, 3.63) is 11.9 Å². The van der Waals surface area contributed by atoms with Gasteiger partial charge < -0.3 is 15.6 Å². The maximum absolute atomic E-state index is 4.41. The van der Waals surface area contributed by atoms with Crippen LogP contribution in [0.4, 0.5) is 11.6 Å². The molecule has 1 aliphatic heterocycles. The highest BCUT2D eigenvalue weighted by molar-refractivity contribution is 5.56. The lowest BCUT2D eigenvalue weighted by Crippen LogP contribution is -2.47. The van der Waals surface area contributed by atoms with Gasteiger partial charge in [0, 0.05) is 38.3 Å². The van der Waals surface area contributed by atoms with E-state index in [-0.39, 0.29) is 0 Å². The molecule has 2 heterocycles. The van der Waals surface area contributed by atoms with Crippen molar-refractivity contribution in [2.45, 2.75) is 26.7 Å². The number of likely N-dealkylation sites (N-methyl/N-ethyl adjacent to an activating group) is 1. The van der Waals surface area contributed by atoms with Gasteiger partial charge in [-0.05, 0) is 19.9 Å². The van der Waals surface area contributed by atoms with Crippen molar-refractivity contribution in [2.75, 3.05) is 50.5 Å². The first-order chi connectivity index (χ1) is 9.74. The van der Waals surface area contributed by atoms with Gasteiger partial charge >= 0.3 is 0 Å². The average molecular weight is 278 g/mol. The van der Waals surface area contributed by atoms with Gasteiger partial charge in [0.15, 0.2) is 0 Å². The Balaban J connectivity index is 2.06. The molecule has 6 nitrogen and oxygen atoms in total. The third-order valence-corrected chi connectivity index (χ3v) is 3.61. The van der Waals surface area contributed by atoms with E-state index in [1.807, 2.05) is 0 Å². The van der Waals surface area contributed by atoms with Gasteiger partial charge in [0.05, 0.1) is 0 Å². The van der Waals surface area contributed by atoms with Crippen LogP contribution in [-0.2, 0) is 6.42 Å². The SMILES string of the molecule is CCCNc1ncnc(NN2CCN(C)CC2)c1CC. The number of piperazine rings is 1. The Labute approximate surface area is 121 Å². The van der Waals surface area contributed by atoms with Crippen molar-refractivity contribution in [3.63, 3.8) is 0 Å². The van der Waals surface area contributed by atoms with Crippen LogP contribution in [0.15, 0.2) is 6.33 Å². The predicted octanol–water partition coefficient (Wildman–Crippen LogP) is 1.44. The first-order valence-electron chi connectivity index (χ1n) is 7.52. The normalized spacial score (nSPS) is 17.1. The van der Waals surface area contributed by atoms with Gasteiger partial charge in [-0.3, -0.25) is 0 Å². The Morgan fingerprint density at radius 3 is 2.45 bits per heavy atom. The van der Waals surface area contributed by atoms with Crippen LogP contribution in [0.1, 0.15) is 25.8 Å². The lowest BCUT2D eigenvalue weighted by atomic mass is 10.2. The topological polar surface area (TPSA) is 56.3 Å². The minimum atomic E-state index is 0.920. The molecule has 0 saturated carbocycles. The molecule has 112 valence electrons.